The third kappa shape index (κ3) is 3.30. The van der Waals surface area contributed by atoms with Crippen molar-refractivity contribution in [2.24, 2.45) is 0 Å². The van der Waals surface area contributed by atoms with Gasteiger partial charge in [0.1, 0.15) is 11.4 Å². The Morgan fingerprint density at radius 2 is 1.92 bits per heavy atom. The van der Waals surface area contributed by atoms with Crippen LogP contribution in [0.15, 0.2) is 66.0 Å². The van der Waals surface area contributed by atoms with Crippen LogP contribution in [0.1, 0.15) is 18.2 Å². The molecule has 0 spiro atoms. The molecule has 1 aromatic carbocycles. The lowest BCUT2D eigenvalue weighted by atomic mass is 9.97. The number of ether oxygens (including phenoxy) is 1. The lowest BCUT2D eigenvalue weighted by molar-refractivity contribution is 0.412. The zero-order valence-electron chi connectivity index (χ0n) is 14.1. The Hall–Kier alpha value is -2.23. The summed E-state index contributed by atoms with van der Waals surface area (Å²) in [5.74, 6) is 0.613. The van der Waals surface area contributed by atoms with Gasteiger partial charge in [-0.2, -0.15) is 0 Å². The molecule has 0 fully saturated rings. The fourth-order valence-corrected chi connectivity index (χ4v) is 3.29. The number of methoxy groups -OCH3 is 1. The van der Waals surface area contributed by atoms with Gasteiger partial charge in [0.15, 0.2) is 0 Å². The number of halogens is 2. The summed E-state index contributed by atoms with van der Waals surface area (Å²) in [5.41, 5.74) is 4.28. The van der Waals surface area contributed by atoms with Gasteiger partial charge >= 0.3 is 0 Å². The van der Waals surface area contributed by atoms with E-state index in [1.807, 2.05) is 48.2 Å². The number of likely N-dealkylation sites (N-methyl/N-ethyl adjacent to an activating group) is 1. The average molecular weight is 373 g/mol. The van der Waals surface area contributed by atoms with Gasteiger partial charge in [-0.15, -0.1) is 0 Å². The molecular weight excluding hydrogens is 355 g/mol. The van der Waals surface area contributed by atoms with E-state index in [0.29, 0.717) is 28.0 Å². The average Bonchev–Trinajstić information content (AvgIpc) is 2.64. The first-order valence-corrected chi connectivity index (χ1v) is 8.66. The molecule has 0 atom stereocenters. The Morgan fingerprint density at radius 3 is 2.52 bits per heavy atom. The first-order valence-electron chi connectivity index (χ1n) is 7.90. The Balaban J connectivity index is 2.29. The molecule has 0 amide bonds. The SMILES string of the molecule is C=C1C(Cl)=CC(c2ccccc2)=C(c2ncc(OC)cc2Cl)N1CC. The lowest BCUT2D eigenvalue weighted by Crippen LogP contribution is -2.25. The molecule has 3 nitrogen and oxygen atoms in total. The number of benzene rings is 1. The molecule has 1 aliphatic heterocycles. The van der Waals surface area contributed by atoms with Gasteiger partial charge in [0.05, 0.1) is 34.8 Å². The minimum atomic E-state index is 0.514. The minimum absolute atomic E-state index is 0.514. The first kappa shape index (κ1) is 17.6. The molecule has 0 aliphatic carbocycles. The highest BCUT2D eigenvalue weighted by Gasteiger charge is 2.27. The van der Waals surface area contributed by atoms with E-state index < -0.39 is 0 Å². The molecule has 1 aliphatic rings. The minimum Gasteiger partial charge on any atom is -0.495 e. The maximum absolute atomic E-state index is 6.51. The summed E-state index contributed by atoms with van der Waals surface area (Å²) in [6, 6.07) is 11.8. The summed E-state index contributed by atoms with van der Waals surface area (Å²) in [7, 11) is 1.59. The summed E-state index contributed by atoms with van der Waals surface area (Å²) in [4.78, 5) is 6.57. The zero-order valence-corrected chi connectivity index (χ0v) is 15.6. The van der Waals surface area contributed by atoms with E-state index in [-0.39, 0.29) is 0 Å². The Kier molecular flexibility index (Phi) is 5.16. The Morgan fingerprint density at radius 1 is 1.20 bits per heavy atom. The molecule has 5 heteroatoms. The predicted molar refractivity (Wildman–Crippen MR) is 105 cm³/mol. The number of hydrogen-bond acceptors (Lipinski definition) is 3. The van der Waals surface area contributed by atoms with Crippen LogP contribution >= 0.6 is 23.2 Å². The zero-order chi connectivity index (χ0) is 18.0. The van der Waals surface area contributed by atoms with Crippen LogP contribution in [0.2, 0.25) is 5.02 Å². The number of allylic oxidation sites excluding steroid dienone is 3. The van der Waals surface area contributed by atoms with E-state index in [2.05, 4.69) is 11.6 Å². The largest absolute Gasteiger partial charge is 0.495 e. The highest BCUT2D eigenvalue weighted by atomic mass is 35.5. The van der Waals surface area contributed by atoms with E-state index >= 15 is 0 Å². The van der Waals surface area contributed by atoms with Gasteiger partial charge in [-0.05, 0) is 18.6 Å². The van der Waals surface area contributed by atoms with Crippen molar-refractivity contribution < 1.29 is 4.74 Å². The second-order valence-corrected chi connectivity index (χ2v) is 6.33. The highest BCUT2D eigenvalue weighted by Crippen LogP contribution is 2.41. The van der Waals surface area contributed by atoms with Crippen LogP contribution in [-0.4, -0.2) is 23.5 Å². The molecule has 128 valence electrons. The third-order valence-electron chi connectivity index (χ3n) is 4.07. The molecule has 0 unspecified atom stereocenters. The summed E-state index contributed by atoms with van der Waals surface area (Å²) in [6.45, 7) is 6.85. The van der Waals surface area contributed by atoms with Crippen LogP contribution in [0, 0.1) is 0 Å². The second-order valence-electron chi connectivity index (χ2n) is 5.52. The smallest absolute Gasteiger partial charge is 0.138 e. The van der Waals surface area contributed by atoms with Crippen molar-refractivity contribution in [3.8, 4) is 5.75 Å². The number of rotatable bonds is 4. The fourth-order valence-electron chi connectivity index (χ4n) is 2.84. The summed E-state index contributed by atoms with van der Waals surface area (Å²) < 4.78 is 5.21. The quantitative estimate of drug-likeness (QED) is 0.699. The van der Waals surface area contributed by atoms with Crippen LogP contribution in [-0.2, 0) is 0 Å². The van der Waals surface area contributed by atoms with E-state index in [0.717, 1.165) is 22.5 Å². The van der Waals surface area contributed by atoms with Crippen molar-refractivity contribution in [2.45, 2.75) is 6.92 Å². The molecule has 25 heavy (non-hydrogen) atoms. The number of nitrogens with zero attached hydrogens (tertiary/aromatic N) is 2. The summed E-state index contributed by atoms with van der Waals surface area (Å²) in [5, 5.41) is 1.12. The van der Waals surface area contributed by atoms with Crippen LogP contribution in [0.3, 0.4) is 0 Å². The van der Waals surface area contributed by atoms with Crippen LogP contribution < -0.4 is 4.74 Å². The number of pyridine rings is 1. The topological polar surface area (TPSA) is 25.4 Å². The molecule has 3 rings (SSSR count). The van der Waals surface area contributed by atoms with Gasteiger partial charge in [0, 0.05) is 18.2 Å². The maximum Gasteiger partial charge on any atom is 0.138 e. The standard InChI is InChI=1S/C20H18Cl2N2O/c1-4-24-13(2)17(21)11-16(14-8-6-5-7-9-14)20(24)19-18(22)10-15(25-3)12-23-19/h5-12H,2,4H2,1,3H3. The van der Waals surface area contributed by atoms with Gasteiger partial charge < -0.3 is 9.64 Å². The predicted octanol–water partition coefficient (Wildman–Crippen LogP) is 5.58. The van der Waals surface area contributed by atoms with Crippen LogP contribution in [0.5, 0.6) is 5.75 Å². The van der Waals surface area contributed by atoms with Gasteiger partial charge in [-0.3, -0.25) is 0 Å². The van der Waals surface area contributed by atoms with E-state index in [1.54, 1.807) is 19.4 Å². The molecule has 2 heterocycles. The summed E-state index contributed by atoms with van der Waals surface area (Å²) in [6.07, 6.45) is 3.58. The molecule has 0 saturated heterocycles. The van der Waals surface area contributed by atoms with E-state index in [9.17, 15) is 0 Å². The third-order valence-corrected chi connectivity index (χ3v) is 4.69. The van der Waals surface area contributed by atoms with Crippen molar-refractivity contribution >= 4 is 34.5 Å². The summed E-state index contributed by atoms with van der Waals surface area (Å²) >= 11 is 13.0. The second kappa shape index (κ2) is 7.34. The molecule has 0 bridgehead atoms. The Bertz CT molecular complexity index is 873. The fraction of sp³-hybridized carbons (Fsp3) is 0.150. The van der Waals surface area contributed by atoms with Crippen molar-refractivity contribution in [2.75, 3.05) is 13.7 Å². The van der Waals surface area contributed by atoms with E-state index in [1.165, 1.54) is 0 Å². The van der Waals surface area contributed by atoms with Crippen molar-refractivity contribution in [1.82, 2.24) is 9.88 Å². The molecule has 2 aromatic rings. The van der Waals surface area contributed by atoms with Crippen molar-refractivity contribution in [3.05, 3.63) is 82.3 Å². The van der Waals surface area contributed by atoms with Crippen LogP contribution in [0.25, 0.3) is 11.3 Å². The maximum atomic E-state index is 6.51. The van der Waals surface area contributed by atoms with Crippen molar-refractivity contribution in [1.29, 1.82) is 0 Å². The molecule has 1 aromatic heterocycles. The van der Waals surface area contributed by atoms with Crippen LogP contribution in [0.4, 0.5) is 0 Å². The van der Waals surface area contributed by atoms with Gasteiger partial charge in [-0.25, -0.2) is 4.98 Å². The number of hydrogen-bond donors (Lipinski definition) is 0. The number of aromatic nitrogens is 1. The van der Waals surface area contributed by atoms with Gasteiger partial charge in [-0.1, -0.05) is 60.1 Å². The van der Waals surface area contributed by atoms with Gasteiger partial charge in [0.25, 0.3) is 0 Å². The monoisotopic (exact) mass is 372 g/mol. The lowest BCUT2D eigenvalue weighted by Gasteiger charge is -2.33. The first-order chi connectivity index (χ1) is 12.1. The highest BCUT2D eigenvalue weighted by molar-refractivity contribution is 6.34. The molecule has 0 N–H and O–H groups in total. The Labute approximate surface area is 157 Å². The molecule has 0 saturated carbocycles. The van der Waals surface area contributed by atoms with Crippen molar-refractivity contribution in [3.63, 3.8) is 0 Å². The van der Waals surface area contributed by atoms with E-state index in [4.69, 9.17) is 27.9 Å². The van der Waals surface area contributed by atoms with Gasteiger partial charge in [0.2, 0.25) is 0 Å². The molecule has 0 radical (unpaired) electrons. The molecular formula is C20H18Cl2N2O. The normalized spacial score (nSPS) is 14.6.